The summed E-state index contributed by atoms with van der Waals surface area (Å²) in [7, 11) is 1.24. The van der Waals surface area contributed by atoms with Gasteiger partial charge in [-0.15, -0.1) is 0 Å². The average Bonchev–Trinajstić information content (AvgIpc) is 3.25. The van der Waals surface area contributed by atoms with Gasteiger partial charge in [0, 0.05) is 5.56 Å². The van der Waals surface area contributed by atoms with Crippen LogP contribution in [0.25, 0.3) is 0 Å². The number of carbonyl (C=O) groups excluding carboxylic acids is 3. The fourth-order valence-corrected chi connectivity index (χ4v) is 2.61. The minimum absolute atomic E-state index is 0.166. The highest BCUT2D eigenvalue weighted by Crippen LogP contribution is 2.32. The molecule has 1 aliphatic rings. The molecule has 0 atom stereocenters. The molecule has 0 spiro atoms. The first kappa shape index (κ1) is 21.6. The largest absolute Gasteiger partial charge is 0.465 e. The normalized spacial score (nSPS) is 12.1. The molecule has 0 radical (unpaired) electrons. The number of hydrogen-bond donors (Lipinski definition) is 1. The lowest BCUT2D eigenvalue weighted by molar-refractivity contribution is -0.151. The van der Waals surface area contributed by atoms with Crippen molar-refractivity contribution in [2.24, 2.45) is 5.16 Å². The van der Waals surface area contributed by atoms with E-state index in [4.69, 9.17) is 19.0 Å². The van der Waals surface area contributed by atoms with Gasteiger partial charge in [-0.05, 0) is 37.3 Å². The number of nitrogens with one attached hydrogen (secondary N) is 1. The SMILES string of the molecule is COC(=O)c1ccccc1NC(=O)COC(=O)CON=C(C)c1ccc2c(c1)OCO2. The molecule has 31 heavy (non-hydrogen) atoms. The van der Waals surface area contributed by atoms with Crippen molar-refractivity contribution in [3.63, 3.8) is 0 Å². The highest BCUT2D eigenvalue weighted by molar-refractivity contribution is 6.02. The van der Waals surface area contributed by atoms with E-state index >= 15 is 0 Å². The lowest BCUT2D eigenvalue weighted by Crippen LogP contribution is -2.23. The number of fused-ring (bicyclic) bond motifs is 1. The third-order valence-electron chi connectivity index (χ3n) is 4.14. The molecule has 10 nitrogen and oxygen atoms in total. The molecule has 0 unspecified atom stereocenters. The van der Waals surface area contributed by atoms with E-state index < -0.39 is 31.1 Å². The molecular weight excluding hydrogens is 408 g/mol. The van der Waals surface area contributed by atoms with Gasteiger partial charge in [0.2, 0.25) is 13.4 Å². The second kappa shape index (κ2) is 10.1. The molecule has 10 heteroatoms. The van der Waals surface area contributed by atoms with Gasteiger partial charge in [-0.3, -0.25) is 4.79 Å². The number of amides is 1. The maximum absolute atomic E-state index is 12.0. The second-order valence-corrected chi connectivity index (χ2v) is 6.26. The van der Waals surface area contributed by atoms with E-state index in [1.54, 1.807) is 37.3 Å². The molecule has 1 amide bonds. The molecule has 1 N–H and O–H groups in total. The molecule has 1 heterocycles. The lowest BCUT2D eigenvalue weighted by Gasteiger charge is -2.10. The maximum Gasteiger partial charge on any atom is 0.347 e. The topological polar surface area (TPSA) is 122 Å². The van der Waals surface area contributed by atoms with Crippen molar-refractivity contribution in [2.75, 3.05) is 32.4 Å². The Morgan fingerprint density at radius 3 is 2.65 bits per heavy atom. The van der Waals surface area contributed by atoms with Crippen LogP contribution in [0, 0.1) is 0 Å². The number of oxime groups is 1. The Bertz CT molecular complexity index is 1020. The van der Waals surface area contributed by atoms with Gasteiger partial charge in [0.1, 0.15) is 0 Å². The van der Waals surface area contributed by atoms with E-state index in [1.807, 2.05) is 0 Å². The molecule has 2 aromatic carbocycles. The zero-order chi connectivity index (χ0) is 22.2. The van der Waals surface area contributed by atoms with Gasteiger partial charge in [0.15, 0.2) is 18.1 Å². The zero-order valence-corrected chi connectivity index (χ0v) is 16.9. The van der Waals surface area contributed by atoms with Crippen LogP contribution >= 0.6 is 0 Å². The molecule has 0 saturated carbocycles. The van der Waals surface area contributed by atoms with Crippen LogP contribution < -0.4 is 14.8 Å². The third-order valence-corrected chi connectivity index (χ3v) is 4.14. The Kier molecular flexibility index (Phi) is 7.05. The molecule has 0 aliphatic carbocycles. The molecule has 0 fully saturated rings. The summed E-state index contributed by atoms with van der Waals surface area (Å²) in [4.78, 5) is 40.5. The van der Waals surface area contributed by atoms with Crippen LogP contribution in [-0.2, 0) is 23.9 Å². The number of rotatable bonds is 8. The van der Waals surface area contributed by atoms with Crippen molar-refractivity contribution in [1.82, 2.24) is 0 Å². The summed E-state index contributed by atoms with van der Waals surface area (Å²) in [6, 6.07) is 11.6. The van der Waals surface area contributed by atoms with Crippen molar-refractivity contribution in [2.45, 2.75) is 6.92 Å². The number of para-hydroxylation sites is 1. The molecular formula is C21H20N2O8. The number of ether oxygens (including phenoxy) is 4. The van der Waals surface area contributed by atoms with Gasteiger partial charge in [-0.1, -0.05) is 17.3 Å². The summed E-state index contributed by atoms with van der Waals surface area (Å²) in [6.45, 7) is 0.838. The number of anilines is 1. The van der Waals surface area contributed by atoms with Crippen molar-refractivity contribution in [1.29, 1.82) is 0 Å². The predicted molar refractivity (Wildman–Crippen MR) is 108 cm³/mol. The van der Waals surface area contributed by atoms with Gasteiger partial charge < -0.3 is 29.1 Å². The number of esters is 2. The Morgan fingerprint density at radius 1 is 1.06 bits per heavy atom. The van der Waals surface area contributed by atoms with Crippen LogP contribution in [0.3, 0.4) is 0 Å². The zero-order valence-electron chi connectivity index (χ0n) is 16.9. The van der Waals surface area contributed by atoms with Crippen LogP contribution in [0.2, 0.25) is 0 Å². The van der Waals surface area contributed by atoms with E-state index in [2.05, 4.69) is 15.2 Å². The number of carbonyl (C=O) groups is 3. The van der Waals surface area contributed by atoms with Crippen LogP contribution in [-0.4, -0.2) is 50.7 Å². The fourth-order valence-electron chi connectivity index (χ4n) is 2.61. The third kappa shape index (κ3) is 5.72. The number of benzene rings is 2. The monoisotopic (exact) mass is 428 g/mol. The van der Waals surface area contributed by atoms with Crippen molar-refractivity contribution in [3.05, 3.63) is 53.6 Å². The molecule has 0 aromatic heterocycles. The summed E-state index contributed by atoms with van der Waals surface area (Å²) in [5, 5.41) is 6.35. The molecule has 3 rings (SSSR count). The highest BCUT2D eigenvalue weighted by atomic mass is 16.7. The number of methoxy groups -OCH3 is 1. The van der Waals surface area contributed by atoms with Crippen LogP contribution in [0.15, 0.2) is 47.6 Å². The van der Waals surface area contributed by atoms with Crippen LogP contribution in [0.5, 0.6) is 11.5 Å². The first-order valence-corrected chi connectivity index (χ1v) is 9.17. The van der Waals surface area contributed by atoms with Gasteiger partial charge in [0.25, 0.3) is 5.91 Å². The van der Waals surface area contributed by atoms with Crippen molar-refractivity contribution in [3.8, 4) is 11.5 Å². The first-order chi connectivity index (χ1) is 15.0. The minimum atomic E-state index is -0.779. The van der Waals surface area contributed by atoms with E-state index in [1.165, 1.54) is 19.2 Å². The van der Waals surface area contributed by atoms with E-state index in [0.717, 1.165) is 5.56 Å². The van der Waals surface area contributed by atoms with Gasteiger partial charge in [0.05, 0.1) is 24.1 Å². The smallest absolute Gasteiger partial charge is 0.347 e. The summed E-state index contributed by atoms with van der Waals surface area (Å²) in [5.74, 6) is -0.750. The van der Waals surface area contributed by atoms with Crippen molar-refractivity contribution >= 4 is 29.2 Å². The van der Waals surface area contributed by atoms with Crippen LogP contribution in [0.4, 0.5) is 5.69 Å². The van der Waals surface area contributed by atoms with Gasteiger partial charge >= 0.3 is 11.9 Å². The Balaban J connectivity index is 1.44. The summed E-state index contributed by atoms with van der Waals surface area (Å²) < 4.78 is 20.1. The maximum atomic E-state index is 12.0. The van der Waals surface area contributed by atoms with E-state index in [0.29, 0.717) is 17.2 Å². The van der Waals surface area contributed by atoms with Crippen molar-refractivity contribution < 1.29 is 38.2 Å². The molecule has 0 bridgehead atoms. The van der Waals surface area contributed by atoms with Crippen LogP contribution in [0.1, 0.15) is 22.8 Å². The summed E-state index contributed by atoms with van der Waals surface area (Å²) >= 11 is 0. The second-order valence-electron chi connectivity index (χ2n) is 6.26. The molecule has 1 aliphatic heterocycles. The standard InChI is InChI=1S/C21H20N2O8/c1-13(14-7-8-17-18(9-14)30-12-29-17)23-31-11-20(25)28-10-19(24)22-16-6-4-3-5-15(16)21(26)27-2/h3-9H,10-12H2,1-2H3,(H,22,24). The number of hydrogen-bond acceptors (Lipinski definition) is 9. The number of nitrogens with zero attached hydrogens (tertiary/aromatic N) is 1. The molecule has 2 aromatic rings. The highest BCUT2D eigenvalue weighted by Gasteiger charge is 2.16. The summed E-state index contributed by atoms with van der Waals surface area (Å²) in [5.41, 5.74) is 1.68. The van der Waals surface area contributed by atoms with Gasteiger partial charge in [-0.2, -0.15) is 0 Å². The average molecular weight is 428 g/mol. The quantitative estimate of drug-likeness (QED) is 0.386. The summed E-state index contributed by atoms with van der Waals surface area (Å²) in [6.07, 6.45) is 0. The first-order valence-electron chi connectivity index (χ1n) is 9.17. The molecule has 162 valence electrons. The Hall–Kier alpha value is -4.08. The Morgan fingerprint density at radius 2 is 1.84 bits per heavy atom. The van der Waals surface area contributed by atoms with E-state index in [-0.39, 0.29) is 18.0 Å². The lowest BCUT2D eigenvalue weighted by atomic mass is 10.1. The minimum Gasteiger partial charge on any atom is -0.465 e. The van der Waals surface area contributed by atoms with Gasteiger partial charge in [-0.25, -0.2) is 9.59 Å². The Labute approximate surface area is 177 Å². The predicted octanol–water partition coefficient (Wildman–Crippen LogP) is 2.12. The fraction of sp³-hybridized carbons (Fsp3) is 0.238. The van der Waals surface area contributed by atoms with E-state index in [9.17, 15) is 14.4 Å². The molecule has 0 saturated heterocycles.